The minimum absolute atomic E-state index is 0. The normalized spacial score (nSPS) is 20.2. The molecule has 1 spiro atoms. The van der Waals surface area contributed by atoms with Crippen LogP contribution in [0, 0.1) is 5.41 Å². The summed E-state index contributed by atoms with van der Waals surface area (Å²) in [6.07, 6.45) is 7.95. The number of nitrogens with zero attached hydrogens (tertiary/aromatic N) is 3. The second-order valence-corrected chi connectivity index (χ2v) is 7.95. The molecule has 0 radical (unpaired) electrons. The molecule has 1 aromatic carbocycles. The summed E-state index contributed by atoms with van der Waals surface area (Å²) in [7, 11) is 0. The summed E-state index contributed by atoms with van der Waals surface area (Å²) in [5, 5.41) is 3.52. The first-order chi connectivity index (χ1) is 13.2. The number of halogens is 1. The molecular weight excluding hydrogens is 372 g/mol. The van der Waals surface area contributed by atoms with Crippen molar-refractivity contribution in [3.05, 3.63) is 48.0 Å². The van der Waals surface area contributed by atoms with Crippen molar-refractivity contribution in [2.75, 3.05) is 19.7 Å². The summed E-state index contributed by atoms with van der Waals surface area (Å²) in [4.78, 5) is 7.30. The number of imidazole rings is 1. The van der Waals surface area contributed by atoms with Crippen molar-refractivity contribution < 1.29 is 4.74 Å². The lowest BCUT2D eigenvalue weighted by Crippen LogP contribution is -2.36. The molecule has 2 aromatic rings. The van der Waals surface area contributed by atoms with Crippen molar-refractivity contribution in [2.45, 2.75) is 58.8 Å². The van der Waals surface area contributed by atoms with E-state index in [-0.39, 0.29) is 12.4 Å². The number of hydrogen-bond acceptors (Lipinski definition) is 4. The van der Waals surface area contributed by atoms with Crippen LogP contribution in [0.2, 0.25) is 0 Å². The highest BCUT2D eigenvalue weighted by atomic mass is 35.5. The van der Waals surface area contributed by atoms with Crippen LogP contribution in [-0.4, -0.2) is 40.2 Å². The fourth-order valence-corrected chi connectivity index (χ4v) is 4.68. The Hall–Kier alpha value is -1.56. The second kappa shape index (κ2) is 9.29. The first-order valence-corrected chi connectivity index (χ1v) is 10.4. The average molecular weight is 405 g/mol. The molecule has 1 aromatic heterocycles. The Bertz CT molecular complexity index is 756. The zero-order valence-electron chi connectivity index (χ0n) is 17.1. The van der Waals surface area contributed by atoms with Gasteiger partial charge in [0, 0.05) is 31.5 Å². The van der Waals surface area contributed by atoms with Crippen molar-refractivity contribution in [3.63, 3.8) is 0 Å². The van der Waals surface area contributed by atoms with Gasteiger partial charge in [0.05, 0.1) is 13.2 Å². The highest BCUT2D eigenvalue weighted by Crippen LogP contribution is 2.56. The van der Waals surface area contributed by atoms with Gasteiger partial charge in [-0.25, -0.2) is 4.98 Å². The van der Waals surface area contributed by atoms with Crippen LogP contribution >= 0.6 is 12.4 Å². The molecule has 1 saturated heterocycles. The monoisotopic (exact) mass is 404 g/mol. The molecule has 0 bridgehead atoms. The average Bonchev–Trinajstić information content (AvgIpc) is 3.17. The topological polar surface area (TPSA) is 42.3 Å². The molecule has 1 saturated carbocycles. The molecule has 1 aliphatic heterocycles. The number of benzene rings is 1. The van der Waals surface area contributed by atoms with Gasteiger partial charge in [-0.05, 0) is 69.3 Å². The Kier molecular flexibility index (Phi) is 7.02. The molecule has 1 unspecified atom stereocenters. The first-order valence-electron chi connectivity index (χ1n) is 10.4. The third-order valence-electron chi connectivity index (χ3n) is 6.27. The SMILES string of the molecule is CCOc1cccc(CN(Cc2nccn2CC)C2CC23CCNCC3)c1.Cl. The smallest absolute Gasteiger partial charge is 0.122 e. The van der Waals surface area contributed by atoms with Crippen molar-refractivity contribution in [3.8, 4) is 5.75 Å². The molecular formula is C22H33ClN4O. The van der Waals surface area contributed by atoms with E-state index in [2.05, 4.69) is 51.1 Å². The van der Waals surface area contributed by atoms with Gasteiger partial charge in [-0.3, -0.25) is 4.90 Å². The van der Waals surface area contributed by atoms with Gasteiger partial charge in [0.1, 0.15) is 11.6 Å². The molecule has 1 aliphatic carbocycles. The van der Waals surface area contributed by atoms with E-state index < -0.39 is 0 Å². The lowest BCUT2D eigenvalue weighted by atomic mass is 9.93. The predicted octanol–water partition coefficient (Wildman–Crippen LogP) is 3.87. The zero-order valence-corrected chi connectivity index (χ0v) is 17.9. The number of rotatable bonds is 8. The standard InChI is InChI=1S/C22H32N4O.ClH/c1-3-25-13-12-24-21(25)17-26(20-15-22(20)8-10-23-11-9-22)16-18-6-5-7-19(14-18)27-4-2;/h5-7,12-14,20,23H,3-4,8-11,15-17H2,1-2H3;1H. The summed E-state index contributed by atoms with van der Waals surface area (Å²) in [5.41, 5.74) is 1.85. The minimum atomic E-state index is 0. The maximum absolute atomic E-state index is 5.71. The van der Waals surface area contributed by atoms with E-state index in [9.17, 15) is 0 Å². The number of aryl methyl sites for hydroxylation is 1. The molecule has 2 heterocycles. The lowest BCUT2D eigenvalue weighted by Gasteiger charge is -2.29. The maximum Gasteiger partial charge on any atom is 0.122 e. The van der Waals surface area contributed by atoms with E-state index in [0.717, 1.165) is 38.5 Å². The van der Waals surface area contributed by atoms with E-state index >= 15 is 0 Å². The van der Waals surface area contributed by atoms with Crippen LogP contribution in [-0.2, 0) is 19.6 Å². The summed E-state index contributed by atoms with van der Waals surface area (Å²) in [6.45, 7) is 10.1. The molecule has 0 amide bonds. The van der Waals surface area contributed by atoms with Crippen molar-refractivity contribution in [2.24, 2.45) is 5.41 Å². The number of piperidine rings is 1. The first kappa shape index (κ1) is 21.2. The molecule has 4 rings (SSSR count). The van der Waals surface area contributed by atoms with Crippen LogP contribution in [0.15, 0.2) is 36.7 Å². The van der Waals surface area contributed by atoms with Crippen LogP contribution in [0.5, 0.6) is 5.75 Å². The highest BCUT2D eigenvalue weighted by Gasteiger charge is 2.56. The zero-order chi connectivity index (χ0) is 18.7. The summed E-state index contributed by atoms with van der Waals surface area (Å²) >= 11 is 0. The van der Waals surface area contributed by atoms with Gasteiger partial charge in [0.25, 0.3) is 0 Å². The Morgan fingerprint density at radius 3 is 2.82 bits per heavy atom. The van der Waals surface area contributed by atoms with Crippen LogP contribution in [0.3, 0.4) is 0 Å². The summed E-state index contributed by atoms with van der Waals surface area (Å²) in [5.74, 6) is 2.15. The molecule has 2 fully saturated rings. The van der Waals surface area contributed by atoms with E-state index in [1.807, 2.05) is 19.2 Å². The quantitative estimate of drug-likeness (QED) is 0.725. The fourth-order valence-electron chi connectivity index (χ4n) is 4.68. The lowest BCUT2D eigenvalue weighted by molar-refractivity contribution is 0.182. The number of hydrogen-bond donors (Lipinski definition) is 1. The Balaban J connectivity index is 0.00000225. The summed E-state index contributed by atoms with van der Waals surface area (Å²) < 4.78 is 7.98. The third kappa shape index (κ3) is 4.53. The van der Waals surface area contributed by atoms with Gasteiger partial charge in [-0.2, -0.15) is 0 Å². The van der Waals surface area contributed by atoms with Crippen LogP contribution in [0.1, 0.15) is 44.5 Å². The molecule has 6 heteroatoms. The van der Waals surface area contributed by atoms with E-state index in [1.165, 1.54) is 30.7 Å². The van der Waals surface area contributed by atoms with Crippen LogP contribution < -0.4 is 10.1 Å². The van der Waals surface area contributed by atoms with E-state index in [1.54, 1.807) is 0 Å². The highest BCUT2D eigenvalue weighted by molar-refractivity contribution is 5.85. The van der Waals surface area contributed by atoms with Gasteiger partial charge >= 0.3 is 0 Å². The Morgan fingerprint density at radius 1 is 1.25 bits per heavy atom. The largest absolute Gasteiger partial charge is 0.494 e. The summed E-state index contributed by atoms with van der Waals surface area (Å²) in [6, 6.07) is 9.24. The minimum Gasteiger partial charge on any atom is -0.494 e. The van der Waals surface area contributed by atoms with Crippen molar-refractivity contribution >= 4 is 12.4 Å². The number of ether oxygens (including phenoxy) is 1. The second-order valence-electron chi connectivity index (χ2n) is 7.95. The molecule has 5 nitrogen and oxygen atoms in total. The molecule has 1 atom stereocenters. The fraction of sp³-hybridized carbons (Fsp3) is 0.591. The third-order valence-corrected chi connectivity index (χ3v) is 6.27. The Morgan fingerprint density at radius 2 is 2.07 bits per heavy atom. The maximum atomic E-state index is 5.71. The molecule has 154 valence electrons. The van der Waals surface area contributed by atoms with Crippen LogP contribution in [0.4, 0.5) is 0 Å². The number of aromatic nitrogens is 2. The molecule has 1 N–H and O–H groups in total. The van der Waals surface area contributed by atoms with Gasteiger partial charge in [-0.15, -0.1) is 12.4 Å². The van der Waals surface area contributed by atoms with E-state index in [4.69, 9.17) is 4.74 Å². The number of nitrogens with one attached hydrogen (secondary N) is 1. The molecule has 28 heavy (non-hydrogen) atoms. The van der Waals surface area contributed by atoms with Crippen molar-refractivity contribution in [1.82, 2.24) is 19.8 Å². The Labute approximate surface area is 174 Å². The van der Waals surface area contributed by atoms with Gasteiger partial charge < -0.3 is 14.6 Å². The van der Waals surface area contributed by atoms with Crippen molar-refractivity contribution in [1.29, 1.82) is 0 Å². The predicted molar refractivity (Wildman–Crippen MR) is 115 cm³/mol. The van der Waals surface area contributed by atoms with E-state index in [0.29, 0.717) is 18.1 Å². The van der Waals surface area contributed by atoms with Gasteiger partial charge in [0.15, 0.2) is 0 Å². The van der Waals surface area contributed by atoms with Crippen LogP contribution in [0.25, 0.3) is 0 Å². The van der Waals surface area contributed by atoms with Gasteiger partial charge in [-0.1, -0.05) is 12.1 Å². The molecule has 2 aliphatic rings. The van der Waals surface area contributed by atoms with Gasteiger partial charge in [0.2, 0.25) is 0 Å².